The Hall–Kier alpha value is -2.66. The molecule has 0 bridgehead atoms. The van der Waals surface area contributed by atoms with Gasteiger partial charge in [0.2, 0.25) is 0 Å². The van der Waals surface area contributed by atoms with Gasteiger partial charge in [0, 0.05) is 36.7 Å². The number of pyridine rings is 1. The summed E-state index contributed by atoms with van der Waals surface area (Å²) in [5.41, 5.74) is 2.06. The Balaban J connectivity index is 1.59. The normalized spacial score (nSPS) is 13.4. The smallest absolute Gasteiger partial charge is 0.130 e. The molecule has 130 valence electrons. The number of hydrogen-bond acceptors (Lipinski definition) is 4. The van der Waals surface area contributed by atoms with Crippen LogP contribution in [-0.2, 0) is 13.2 Å². The monoisotopic (exact) mass is 336 g/mol. The summed E-state index contributed by atoms with van der Waals surface area (Å²) in [7, 11) is 0. The molecule has 5 heteroatoms. The lowest BCUT2D eigenvalue weighted by atomic mass is 10.1. The first-order valence-electron chi connectivity index (χ1n) is 8.57. The zero-order chi connectivity index (χ0) is 17.5. The van der Waals surface area contributed by atoms with Crippen LogP contribution in [0.25, 0.3) is 0 Å². The van der Waals surface area contributed by atoms with Gasteiger partial charge in [0.15, 0.2) is 0 Å². The lowest BCUT2D eigenvalue weighted by Crippen LogP contribution is -2.33. The maximum Gasteiger partial charge on any atom is 0.130 e. The van der Waals surface area contributed by atoms with Gasteiger partial charge in [0.25, 0.3) is 0 Å². The number of para-hydroxylation sites is 1. The molecular weight excluding hydrogens is 312 g/mol. The van der Waals surface area contributed by atoms with E-state index in [2.05, 4.69) is 35.3 Å². The van der Waals surface area contributed by atoms with Gasteiger partial charge >= 0.3 is 0 Å². The Morgan fingerprint density at radius 1 is 1.04 bits per heavy atom. The molecule has 2 aromatic heterocycles. The third-order valence-electron chi connectivity index (χ3n) is 4.35. The predicted molar refractivity (Wildman–Crippen MR) is 98.3 cm³/mol. The zero-order valence-corrected chi connectivity index (χ0v) is 14.7. The molecule has 25 heavy (non-hydrogen) atoms. The van der Waals surface area contributed by atoms with E-state index in [9.17, 15) is 0 Å². The zero-order valence-electron chi connectivity index (χ0n) is 14.7. The van der Waals surface area contributed by atoms with Gasteiger partial charge in [-0.05, 0) is 38.1 Å². The van der Waals surface area contributed by atoms with Crippen LogP contribution in [0.5, 0.6) is 5.75 Å². The highest BCUT2D eigenvalue weighted by Crippen LogP contribution is 2.20. The van der Waals surface area contributed by atoms with Gasteiger partial charge in [-0.1, -0.05) is 24.3 Å². The van der Waals surface area contributed by atoms with Crippen molar-refractivity contribution in [2.45, 2.75) is 39.1 Å². The van der Waals surface area contributed by atoms with Crippen molar-refractivity contribution < 1.29 is 4.74 Å². The Bertz CT molecular complexity index is 758. The van der Waals surface area contributed by atoms with E-state index in [1.165, 1.54) is 0 Å². The molecule has 0 radical (unpaired) electrons. The second kappa shape index (κ2) is 8.44. The molecule has 5 nitrogen and oxygen atoms in total. The maximum absolute atomic E-state index is 5.97. The fraction of sp³-hybridized carbons (Fsp3) is 0.300. The van der Waals surface area contributed by atoms with E-state index >= 15 is 0 Å². The maximum atomic E-state index is 5.97. The number of hydrogen-bond donors (Lipinski definition) is 1. The Kier molecular flexibility index (Phi) is 5.80. The number of benzene rings is 1. The summed E-state index contributed by atoms with van der Waals surface area (Å²) in [4.78, 5) is 4.30. The lowest BCUT2D eigenvalue weighted by Gasteiger charge is -2.22. The predicted octanol–water partition coefficient (Wildman–Crippen LogP) is 3.60. The van der Waals surface area contributed by atoms with Crippen molar-refractivity contribution in [1.82, 2.24) is 20.1 Å². The van der Waals surface area contributed by atoms with Crippen LogP contribution in [-0.4, -0.2) is 20.8 Å². The summed E-state index contributed by atoms with van der Waals surface area (Å²) in [6, 6.07) is 16.5. The van der Waals surface area contributed by atoms with Crippen LogP contribution in [0.15, 0.2) is 67.1 Å². The lowest BCUT2D eigenvalue weighted by molar-refractivity contribution is 0.295. The molecule has 0 fully saturated rings. The highest BCUT2D eigenvalue weighted by molar-refractivity contribution is 5.33. The van der Waals surface area contributed by atoms with Gasteiger partial charge in [-0.3, -0.25) is 9.67 Å². The summed E-state index contributed by atoms with van der Waals surface area (Å²) in [6.45, 7) is 5.54. The number of rotatable bonds is 8. The van der Waals surface area contributed by atoms with Gasteiger partial charge in [-0.25, -0.2) is 0 Å². The summed E-state index contributed by atoms with van der Waals surface area (Å²) in [5.74, 6) is 0.889. The van der Waals surface area contributed by atoms with Crippen LogP contribution in [0.3, 0.4) is 0 Å². The number of ether oxygens (including phenoxy) is 1. The fourth-order valence-corrected chi connectivity index (χ4v) is 2.62. The van der Waals surface area contributed by atoms with Gasteiger partial charge < -0.3 is 10.1 Å². The van der Waals surface area contributed by atoms with Crippen molar-refractivity contribution in [3.8, 4) is 5.75 Å². The molecule has 0 saturated heterocycles. The molecule has 1 aromatic carbocycles. The average Bonchev–Trinajstić information content (AvgIpc) is 3.20. The molecule has 0 saturated carbocycles. The van der Waals surface area contributed by atoms with Crippen LogP contribution < -0.4 is 10.1 Å². The van der Waals surface area contributed by atoms with E-state index < -0.39 is 0 Å². The molecule has 0 unspecified atom stereocenters. The molecular formula is C20H24N4O. The third-order valence-corrected chi connectivity index (χ3v) is 4.35. The molecule has 0 aliphatic rings. The van der Waals surface area contributed by atoms with Gasteiger partial charge in [-0.15, -0.1) is 0 Å². The molecule has 1 N–H and O–H groups in total. The summed E-state index contributed by atoms with van der Waals surface area (Å²) < 4.78 is 7.94. The second-order valence-electron chi connectivity index (χ2n) is 6.11. The van der Waals surface area contributed by atoms with Crippen LogP contribution in [0.2, 0.25) is 0 Å². The van der Waals surface area contributed by atoms with E-state index in [1.54, 1.807) is 6.20 Å². The van der Waals surface area contributed by atoms with E-state index in [4.69, 9.17) is 4.74 Å². The number of nitrogens with zero attached hydrogens (tertiary/aromatic N) is 3. The minimum atomic E-state index is 0.275. The first-order valence-corrected chi connectivity index (χ1v) is 8.57. The quantitative estimate of drug-likeness (QED) is 0.683. The van der Waals surface area contributed by atoms with Crippen molar-refractivity contribution in [1.29, 1.82) is 0 Å². The molecule has 0 aliphatic carbocycles. The van der Waals surface area contributed by atoms with Crippen molar-refractivity contribution in [3.63, 3.8) is 0 Å². The highest BCUT2D eigenvalue weighted by Gasteiger charge is 2.14. The minimum Gasteiger partial charge on any atom is -0.487 e. The molecule has 2 atom stereocenters. The topological polar surface area (TPSA) is 52.0 Å². The van der Waals surface area contributed by atoms with Crippen molar-refractivity contribution in [2.24, 2.45) is 0 Å². The summed E-state index contributed by atoms with van der Waals surface area (Å²) in [6.07, 6.45) is 5.58. The third kappa shape index (κ3) is 4.67. The first kappa shape index (κ1) is 17.2. The molecule has 2 heterocycles. The van der Waals surface area contributed by atoms with Crippen LogP contribution in [0.4, 0.5) is 0 Å². The standard InChI is InChI=1S/C20H24N4O/c1-16(17(2)24-13-7-12-23-24)22-14-18-8-3-4-10-20(18)25-15-19-9-5-6-11-21-19/h3-13,16-17,22H,14-15H2,1-2H3/t16-,17+/m1/s1. The van der Waals surface area contributed by atoms with E-state index in [-0.39, 0.29) is 12.1 Å². The molecule has 0 aliphatic heterocycles. The largest absolute Gasteiger partial charge is 0.487 e. The first-order chi connectivity index (χ1) is 12.2. The number of aromatic nitrogens is 3. The summed E-state index contributed by atoms with van der Waals surface area (Å²) >= 11 is 0. The average molecular weight is 336 g/mol. The Morgan fingerprint density at radius 2 is 1.88 bits per heavy atom. The molecule has 0 amide bonds. The highest BCUT2D eigenvalue weighted by atomic mass is 16.5. The Labute approximate surface area is 148 Å². The second-order valence-corrected chi connectivity index (χ2v) is 6.11. The SMILES string of the molecule is C[C@@H](NCc1ccccc1OCc1ccccn1)[C@H](C)n1cccn1. The van der Waals surface area contributed by atoms with Gasteiger partial charge in [0.1, 0.15) is 12.4 Å². The van der Waals surface area contributed by atoms with Crippen LogP contribution in [0.1, 0.15) is 31.1 Å². The van der Waals surface area contributed by atoms with E-state index in [0.29, 0.717) is 6.61 Å². The molecule has 3 rings (SSSR count). The van der Waals surface area contributed by atoms with Crippen molar-refractivity contribution >= 4 is 0 Å². The fourth-order valence-electron chi connectivity index (χ4n) is 2.62. The summed E-state index contributed by atoms with van der Waals surface area (Å²) in [5, 5.41) is 7.89. The van der Waals surface area contributed by atoms with E-state index in [0.717, 1.165) is 23.6 Å². The van der Waals surface area contributed by atoms with Gasteiger partial charge in [-0.2, -0.15) is 5.10 Å². The minimum absolute atomic E-state index is 0.275. The van der Waals surface area contributed by atoms with Crippen LogP contribution >= 0.6 is 0 Å². The molecule has 3 aromatic rings. The number of nitrogens with one attached hydrogen (secondary N) is 1. The Morgan fingerprint density at radius 3 is 2.64 bits per heavy atom. The van der Waals surface area contributed by atoms with E-state index in [1.807, 2.05) is 59.5 Å². The molecule has 0 spiro atoms. The van der Waals surface area contributed by atoms with Crippen molar-refractivity contribution in [3.05, 3.63) is 78.4 Å². The van der Waals surface area contributed by atoms with Crippen LogP contribution in [0, 0.1) is 0 Å². The van der Waals surface area contributed by atoms with Crippen molar-refractivity contribution in [2.75, 3.05) is 0 Å². The van der Waals surface area contributed by atoms with Gasteiger partial charge in [0.05, 0.1) is 11.7 Å².